The molecule has 0 aliphatic carbocycles. The van der Waals surface area contributed by atoms with Gasteiger partial charge < -0.3 is 24.8 Å². The van der Waals surface area contributed by atoms with Crippen LogP contribution in [0.1, 0.15) is 33.4 Å². The van der Waals surface area contributed by atoms with Crippen LogP contribution in [0.5, 0.6) is 11.5 Å². The molecule has 0 fully saturated rings. The fourth-order valence-corrected chi connectivity index (χ4v) is 4.76. The molecule has 0 radical (unpaired) electrons. The number of benzene rings is 3. The Kier molecular flexibility index (Phi) is 8.60. The van der Waals surface area contributed by atoms with E-state index in [0.29, 0.717) is 29.2 Å². The molecule has 1 heterocycles. The highest BCUT2D eigenvalue weighted by molar-refractivity contribution is 7.10. The molecule has 0 saturated heterocycles. The first kappa shape index (κ1) is 26.7. The number of rotatable bonds is 9. The molecular formula is C29H29N3O5S. The van der Waals surface area contributed by atoms with Crippen molar-refractivity contribution < 1.29 is 23.8 Å². The molecule has 4 rings (SSSR count). The van der Waals surface area contributed by atoms with Gasteiger partial charge in [-0.15, -0.1) is 11.3 Å². The molecular weight excluding hydrogens is 502 g/mol. The molecule has 0 atom stereocenters. The molecule has 0 unspecified atom stereocenters. The van der Waals surface area contributed by atoms with Crippen molar-refractivity contribution >= 4 is 34.7 Å². The van der Waals surface area contributed by atoms with Crippen molar-refractivity contribution in [1.29, 1.82) is 0 Å². The monoisotopic (exact) mass is 531 g/mol. The van der Waals surface area contributed by atoms with Crippen molar-refractivity contribution in [2.75, 3.05) is 31.5 Å². The van der Waals surface area contributed by atoms with E-state index in [2.05, 4.69) is 10.6 Å². The number of esters is 1. The number of methoxy groups -OCH3 is 2. The molecule has 196 valence electrons. The van der Waals surface area contributed by atoms with Gasteiger partial charge in [-0.25, -0.2) is 14.6 Å². The van der Waals surface area contributed by atoms with Crippen molar-refractivity contribution in [2.45, 2.75) is 20.3 Å². The zero-order valence-electron chi connectivity index (χ0n) is 21.7. The highest BCUT2D eigenvalue weighted by Crippen LogP contribution is 2.41. The van der Waals surface area contributed by atoms with Gasteiger partial charge in [-0.05, 0) is 55.3 Å². The number of urea groups is 1. The van der Waals surface area contributed by atoms with Gasteiger partial charge >= 0.3 is 12.0 Å². The Morgan fingerprint density at radius 2 is 1.66 bits per heavy atom. The Morgan fingerprint density at radius 1 is 0.921 bits per heavy atom. The van der Waals surface area contributed by atoms with E-state index in [4.69, 9.17) is 19.2 Å². The van der Waals surface area contributed by atoms with Gasteiger partial charge in [0.1, 0.15) is 5.56 Å². The lowest BCUT2D eigenvalue weighted by Gasteiger charge is -2.15. The van der Waals surface area contributed by atoms with Crippen molar-refractivity contribution in [2.24, 2.45) is 0 Å². The Hall–Kier alpha value is -4.37. The van der Waals surface area contributed by atoms with E-state index in [9.17, 15) is 9.59 Å². The number of hydrogen-bond donors (Lipinski definition) is 2. The molecule has 0 aliphatic heterocycles. The molecule has 0 bridgehead atoms. The Bertz CT molecular complexity index is 1430. The van der Waals surface area contributed by atoms with Crippen LogP contribution >= 0.6 is 11.3 Å². The van der Waals surface area contributed by atoms with Crippen LogP contribution in [-0.2, 0) is 11.2 Å². The highest BCUT2D eigenvalue weighted by atomic mass is 32.1. The second-order valence-corrected chi connectivity index (χ2v) is 9.28. The highest BCUT2D eigenvalue weighted by Gasteiger charge is 2.22. The summed E-state index contributed by atoms with van der Waals surface area (Å²) < 4.78 is 16.2. The minimum atomic E-state index is -0.473. The maximum absolute atomic E-state index is 12.4. The number of aromatic nitrogens is 1. The normalized spacial score (nSPS) is 10.5. The number of amides is 2. The van der Waals surface area contributed by atoms with Gasteiger partial charge in [0.2, 0.25) is 0 Å². The molecule has 8 nitrogen and oxygen atoms in total. The lowest BCUT2D eigenvalue weighted by atomic mass is 10.1. The summed E-state index contributed by atoms with van der Waals surface area (Å²) in [6, 6.07) is 18.4. The van der Waals surface area contributed by atoms with Crippen LogP contribution in [-0.4, -0.2) is 37.8 Å². The number of hydrogen-bond acceptors (Lipinski definition) is 7. The van der Waals surface area contributed by atoms with E-state index in [0.717, 1.165) is 33.1 Å². The molecule has 1 aromatic heterocycles. The van der Waals surface area contributed by atoms with Crippen LogP contribution in [0.25, 0.3) is 11.3 Å². The first-order valence-electron chi connectivity index (χ1n) is 12.0. The average molecular weight is 532 g/mol. The maximum Gasteiger partial charge on any atom is 0.342 e. The second kappa shape index (κ2) is 12.2. The molecule has 9 heteroatoms. The zero-order valence-corrected chi connectivity index (χ0v) is 22.5. The fraction of sp³-hybridized carbons (Fsp3) is 0.207. The second-order valence-electron chi connectivity index (χ2n) is 8.34. The molecule has 3 aromatic carbocycles. The topological polar surface area (TPSA) is 98.8 Å². The van der Waals surface area contributed by atoms with Gasteiger partial charge in [0.15, 0.2) is 11.5 Å². The molecule has 4 aromatic rings. The van der Waals surface area contributed by atoms with E-state index < -0.39 is 5.97 Å². The smallest absolute Gasteiger partial charge is 0.342 e. The number of carbonyl (C=O) groups excluding carboxylic acids is 2. The number of anilines is 2. The number of nitrogens with one attached hydrogen (secondary N) is 2. The minimum Gasteiger partial charge on any atom is -0.492 e. The van der Waals surface area contributed by atoms with Crippen molar-refractivity contribution in [3.05, 3.63) is 87.7 Å². The lowest BCUT2D eigenvalue weighted by molar-refractivity contribution is 0.0522. The van der Waals surface area contributed by atoms with Gasteiger partial charge in [0.25, 0.3) is 0 Å². The van der Waals surface area contributed by atoms with Crippen molar-refractivity contribution in [3.8, 4) is 22.8 Å². The Morgan fingerprint density at radius 3 is 2.34 bits per heavy atom. The molecule has 2 N–H and O–H groups in total. The summed E-state index contributed by atoms with van der Waals surface area (Å²) in [5, 5.41) is 8.58. The van der Waals surface area contributed by atoms with Crippen molar-refractivity contribution in [1.82, 2.24) is 4.98 Å². The third-order valence-electron chi connectivity index (χ3n) is 5.80. The SMILES string of the molecule is CCOC(=O)c1ccc(-c2csc(Cc3ccc(NC(=O)Nc4ccccc4C)cc3)n2)c(OC)c1OC. The van der Waals surface area contributed by atoms with E-state index in [-0.39, 0.29) is 12.6 Å². The van der Waals surface area contributed by atoms with Gasteiger partial charge in [0.05, 0.1) is 31.5 Å². The molecule has 0 spiro atoms. The van der Waals surface area contributed by atoms with E-state index >= 15 is 0 Å². The predicted octanol–water partition coefficient (Wildman–Crippen LogP) is 6.55. The Balaban J connectivity index is 1.45. The number of ether oxygens (including phenoxy) is 3. The van der Waals surface area contributed by atoms with Crippen LogP contribution < -0.4 is 20.1 Å². The summed E-state index contributed by atoms with van der Waals surface area (Å²) in [7, 11) is 3.02. The van der Waals surface area contributed by atoms with E-state index in [1.807, 2.05) is 60.8 Å². The first-order chi connectivity index (χ1) is 18.4. The number of carbonyl (C=O) groups is 2. The summed E-state index contributed by atoms with van der Waals surface area (Å²) in [5.74, 6) is 0.264. The van der Waals surface area contributed by atoms with Crippen LogP contribution in [0, 0.1) is 6.92 Å². The minimum absolute atomic E-state index is 0.263. The number of nitrogens with zero attached hydrogens (tertiary/aromatic N) is 1. The fourth-order valence-electron chi connectivity index (χ4n) is 3.93. The predicted molar refractivity (Wildman–Crippen MR) is 150 cm³/mol. The molecule has 0 aliphatic rings. The average Bonchev–Trinajstić information content (AvgIpc) is 3.38. The molecule has 2 amide bonds. The van der Waals surface area contributed by atoms with Gasteiger partial charge in [0, 0.05) is 28.7 Å². The quantitative estimate of drug-likeness (QED) is 0.238. The number of aryl methyl sites for hydroxylation is 1. The third-order valence-corrected chi connectivity index (χ3v) is 6.65. The number of para-hydroxylation sites is 1. The first-order valence-corrected chi connectivity index (χ1v) is 12.9. The summed E-state index contributed by atoms with van der Waals surface area (Å²) in [5.41, 5.74) is 5.25. The summed E-state index contributed by atoms with van der Waals surface area (Å²) in [6.45, 7) is 3.96. The van der Waals surface area contributed by atoms with Crippen LogP contribution in [0.2, 0.25) is 0 Å². The Labute approximate surface area is 225 Å². The number of thiazole rings is 1. The summed E-state index contributed by atoms with van der Waals surface area (Å²) in [4.78, 5) is 29.5. The zero-order chi connectivity index (χ0) is 27.1. The van der Waals surface area contributed by atoms with Crippen LogP contribution in [0.15, 0.2) is 66.0 Å². The van der Waals surface area contributed by atoms with Crippen LogP contribution in [0.3, 0.4) is 0 Å². The summed E-state index contributed by atoms with van der Waals surface area (Å²) >= 11 is 1.53. The van der Waals surface area contributed by atoms with E-state index in [1.54, 1.807) is 19.1 Å². The third kappa shape index (κ3) is 6.12. The molecule has 0 saturated carbocycles. The van der Waals surface area contributed by atoms with Gasteiger partial charge in [-0.1, -0.05) is 30.3 Å². The van der Waals surface area contributed by atoms with E-state index in [1.165, 1.54) is 25.6 Å². The molecule has 38 heavy (non-hydrogen) atoms. The van der Waals surface area contributed by atoms with Gasteiger partial charge in [-0.3, -0.25) is 0 Å². The standard InChI is InChI=1S/C29H29N3O5S/c1-5-37-28(33)22-15-14-21(26(35-3)27(22)36-4)24-17-38-25(31-24)16-19-10-12-20(13-11-19)30-29(34)32-23-9-7-6-8-18(23)2/h6-15,17H,5,16H2,1-4H3,(H2,30,32,34). The summed E-state index contributed by atoms with van der Waals surface area (Å²) in [6.07, 6.45) is 0.626. The maximum atomic E-state index is 12.4. The van der Waals surface area contributed by atoms with Gasteiger partial charge in [-0.2, -0.15) is 0 Å². The van der Waals surface area contributed by atoms with Crippen LogP contribution in [0.4, 0.5) is 16.2 Å². The van der Waals surface area contributed by atoms with Crippen molar-refractivity contribution in [3.63, 3.8) is 0 Å². The largest absolute Gasteiger partial charge is 0.492 e. The lowest BCUT2D eigenvalue weighted by Crippen LogP contribution is -2.19.